The van der Waals surface area contributed by atoms with Gasteiger partial charge < -0.3 is 15.2 Å². The Balaban J connectivity index is 2.87. The predicted molar refractivity (Wildman–Crippen MR) is 73.8 cm³/mol. The van der Waals surface area contributed by atoms with Crippen molar-refractivity contribution in [3.05, 3.63) is 28.2 Å². The number of hydrogen-bond acceptors (Lipinski definition) is 6. The summed E-state index contributed by atoms with van der Waals surface area (Å²) in [4.78, 5) is 34.9. The zero-order valence-electron chi connectivity index (χ0n) is 12.0. The Kier molecular flexibility index (Phi) is 6.54. The first-order chi connectivity index (χ1) is 10.0. The number of aryl methyl sites for hydroxylation is 1. The van der Waals surface area contributed by atoms with Crippen molar-refractivity contribution < 1.29 is 19.4 Å². The Bertz CT molecular complexity index is 555. The highest BCUT2D eigenvalue weighted by Gasteiger charge is 2.22. The Labute approximate surface area is 121 Å². The number of aliphatic hydroxyl groups excluding tert-OH is 1. The molecule has 0 spiro atoms. The molecular weight excluding hydrogens is 278 g/mol. The lowest BCUT2D eigenvalue weighted by Crippen LogP contribution is -2.44. The van der Waals surface area contributed by atoms with E-state index in [2.05, 4.69) is 15.2 Å². The lowest BCUT2D eigenvalue weighted by Gasteiger charge is -2.13. The maximum atomic E-state index is 12.0. The molecule has 1 atom stereocenters. The molecule has 1 rings (SSSR count). The second-order valence-electron chi connectivity index (χ2n) is 4.37. The molecule has 0 saturated carbocycles. The van der Waals surface area contributed by atoms with Crippen LogP contribution in [0, 0.1) is 0 Å². The normalized spacial score (nSPS) is 11.8. The van der Waals surface area contributed by atoms with Crippen LogP contribution in [0.1, 0.15) is 30.3 Å². The van der Waals surface area contributed by atoms with Crippen molar-refractivity contribution in [2.24, 2.45) is 0 Å². The minimum Gasteiger partial charge on any atom is -0.467 e. The van der Waals surface area contributed by atoms with Gasteiger partial charge in [-0.25, -0.2) is 9.48 Å². The summed E-state index contributed by atoms with van der Waals surface area (Å²) in [6.45, 7) is 1.80. The van der Waals surface area contributed by atoms with Crippen LogP contribution in [-0.2, 0) is 16.1 Å². The molecular formula is C13H19N3O5. The second kappa shape index (κ2) is 8.15. The van der Waals surface area contributed by atoms with Crippen molar-refractivity contribution in [1.82, 2.24) is 15.1 Å². The van der Waals surface area contributed by atoms with Crippen LogP contribution in [0.25, 0.3) is 0 Å². The van der Waals surface area contributed by atoms with Gasteiger partial charge in [-0.2, -0.15) is 5.10 Å². The van der Waals surface area contributed by atoms with Crippen molar-refractivity contribution in [3.8, 4) is 0 Å². The Morgan fingerprint density at radius 3 is 2.76 bits per heavy atom. The van der Waals surface area contributed by atoms with Crippen LogP contribution in [0.2, 0.25) is 0 Å². The number of methoxy groups -OCH3 is 1. The first-order valence-electron chi connectivity index (χ1n) is 6.61. The molecule has 1 aromatic rings. The third-order valence-electron chi connectivity index (χ3n) is 2.80. The van der Waals surface area contributed by atoms with Crippen molar-refractivity contribution in [3.63, 3.8) is 0 Å². The lowest BCUT2D eigenvalue weighted by atomic mass is 10.3. The molecule has 1 unspecified atom stereocenters. The molecule has 0 aliphatic rings. The van der Waals surface area contributed by atoms with E-state index in [1.54, 1.807) is 0 Å². The highest BCUT2D eigenvalue weighted by molar-refractivity contribution is 5.95. The molecule has 0 fully saturated rings. The third kappa shape index (κ3) is 4.67. The summed E-state index contributed by atoms with van der Waals surface area (Å²) in [6, 6.07) is 1.34. The predicted octanol–water partition coefficient (Wildman–Crippen LogP) is -0.693. The van der Waals surface area contributed by atoms with Crippen molar-refractivity contribution in [2.45, 2.75) is 32.4 Å². The smallest absolute Gasteiger partial charge is 0.330 e. The van der Waals surface area contributed by atoms with E-state index in [0.717, 1.165) is 20.0 Å². The fraction of sp³-hybridized carbons (Fsp3) is 0.538. The largest absolute Gasteiger partial charge is 0.467 e. The van der Waals surface area contributed by atoms with Gasteiger partial charge >= 0.3 is 5.97 Å². The van der Waals surface area contributed by atoms with E-state index in [4.69, 9.17) is 5.11 Å². The number of esters is 1. The summed E-state index contributed by atoms with van der Waals surface area (Å²) in [5.74, 6) is -1.42. The number of carbonyl (C=O) groups excluding carboxylic acids is 2. The number of amides is 1. The van der Waals surface area contributed by atoms with E-state index in [-0.39, 0.29) is 11.3 Å². The monoisotopic (exact) mass is 297 g/mol. The fourth-order valence-corrected chi connectivity index (χ4v) is 1.59. The van der Waals surface area contributed by atoms with Gasteiger partial charge in [0.05, 0.1) is 13.7 Å². The Hall–Kier alpha value is -2.22. The standard InChI is InChI=1S/C13H19N3O5/c1-3-4-7-16-11(18)6-5-9(15-16)12(19)14-10(8-17)13(20)21-2/h5-6,10,17H,3-4,7-8H2,1-2H3,(H,14,19). The molecule has 8 heteroatoms. The number of ether oxygens (including phenoxy) is 1. The van der Waals surface area contributed by atoms with E-state index in [0.29, 0.717) is 6.54 Å². The molecule has 2 N–H and O–H groups in total. The van der Waals surface area contributed by atoms with Crippen molar-refractivity contribution in [2.75, 3.05) is 13.7 Å². The number of nitrogens with zero attached hydrogens (tertiary/aromatic N) is 2. The summed E-state index contributed by atoms with van der Waals surface area (Å²) in [5, 5.41) is 15.3. The number of carbonyl (C=O) groups is 2. The number of rotatable bonds is 7. The number of nitrogens with one attached hydrogen (secondary N) is 1. The molecule has 0 aliphatic carbocycles. The Morgan fingerprint density at radius 2 is 2.19 bits per heavy atom. The van der Waals surface area contributed by atoms with E-state index < -0.39 is 24.5 Å². The minimum absolute atomic E-state index is 0.00643. The highest BCUT2D eigenvalue weighted by Crippen LogP contribution is 1.96. The van der Waals surface area contributed by atoms with Crippen molar-refractivity contribution in [1.29, 1.82) is 0 Å². The van der Waals surface area contributed by atoms with Crippen LogP contribution >= 0.6 is 0 Å². The molecule has 1 amide bonds. The topological polar surface area (TPSA) is 111 Å². The molecule has 1 heterocycles. The quantitative estimate of drug-likeness (QED) is 0.644. The third-order valence-corrected chi connectivity index (χ3v) is 2.80. The lowest BCUT2D eigenvalue weighted by molar-refractivity contribution is -0.143. The van der Waals surface area contributed by atoms with Gasteiger partial charge in [-0.3, -0.25) is 9.59 Å². The average Bonchev–Trinajstić information content (AvgIpc) is 2.50. The Morgan fingerprint density at radius 1 is 1.48 bits per heavy atom. The van der Waals surface area contributed by atoms with Crippen LogP contribution in [0.4, 0.5) is 0 Å². The van der Waals surface area contributed by atoms with Gasteiger partial charge in [-0.05, 0) is 12.5 Å². The van der Waals surface area contributed by atoms with Crippen LogP contribution in [0.3, 0.4) is 0 Å². The summed E-state index contributed by atoms with van der Waals surface area (Å²) in [6.07, 6.45) is 1.65. The summed E-state index contributed by atoms with van der Waals surface area (Å²) in [5.41, 5.74) is -0.306. The summed E-state index contributed by atoms with van der Waals surface area (Å²) in [7, 11) is 1.15. The van der Waals surface area contributed by atoms with E-state index in [1.807, 2.05) is 6.92 Å². The first kappa shape index (κ1) is 16.8. The SMILES string of the molecule is CCCCn1nc(C(=O)NC(CO)C(=O)OC)ccc1=O. The maximum Gasteiger partial charge on any atom is 0.330 e. The van der Waals surface area contributed by atoms with Crippen LogP contribution in [0.5, 0.6) is 0 Å². The van der Waals surface area contributed by atoms with Crippen molar-refractivity contribution >= 4 is 11.9 Å². The summed E-state index contributed by atoms with van der Waals surface area (Å²) >= 11 is 0. The van der Waals surface area contributed by atoms with Gasteiger partial charge in [-0.15, -0.1) is 0 Å². The average molecular weight is 297 g/mol. The number of aliphatic hydroxyl groups is 1. The van der Waals surface area contributed by atoms with Gasteiger partial charge in [0.1, 0.15) is 5.69 Å². The number of hydrogen-bond donors (Lipinski definition) is 2. The molecule has 21 heavy (non-hydrogen) atoms. The highest BCUT2D eigenvalue weighted by atomic mass is 16.5. The zero-order chi connectivity index (χ0) is 15.8. The van der Waals surface area contributed by atoms with E-state index in [1.165, 1.54) is 16.8 Å². The molecule has 1 aromatic heterocycles. The second-order valence-corrected chi connectivity index (χ2v) is 4.37. The molecule has 0 radical (unpaired) electrons. The zero-order valence-corrected chi connectivity index (χ0v) is 12.0. The molecule has 8 nitrogen and oxygen atoms in total. The fourth-order valence-electron chi connectivity index (χ4n) is 1.59. The van der Waals surface area contributed by atoms with Gasteiger partial charge in [0.25, 0.3) is 11.5 Å². The van der Waals surface area contributed by atoms with Crippen LogP contribution in [-0.4, -0.2) is 46.5 Å². The van der Waals surface area contributed by atoms with Gasteiger partial charge in [0.2, 0.25) is 0 Å². The molecule has 0 saturated heterocycles. The number of unbranched alkanes of at least 4 members (excludes halogenated alkanes) is 1. The van der Waals surface area contributed by atoms with Crippen LogP contribution in [0.15, 0.2) is 16.9 Å². The van der Waals surface area contributed by atoms with E-state index >= 15 is 0 Å². The minimum atomic E-state index is -1.17. The molecule has 116 valence electrons. The van der Waals surface area contributed by atoms with Gasteiger partial charge in [-0.1, -0.05) is 13.3 Å². The van der Waals surface area contributed by atoms with Crippen LogP contribution < -0.4 is 10.9 Å². The molecule has 0 aliphatic heterocycles. The summed E-state index contributed by atoms with van der Waals surface area (Å²) < 4.78 is 5.65. The number of aromatic nitrogens is 2. The van der Waals surface area contributed by atoms with E-state index in [9.17, 15) is 14.4 Å². The first-order valence-corrected chi connectivity index (χ1v) is 6.61. The van der Waals surface area contributed by atoms with Gasteiger partial charge in [0.15, 0.2) is 6.04 Å². The maximum absolute atomic E-state index is 12.0. The molecule has 0 bridgehead atoms. The van der Waals surface area contributed by atoms with Gasteiger partial charge in [0, 0.05) is 12.6 Å². The molecule has 0 aromatic carbocycles.